The van der Waals surface area contributed by atoms with Crippen LogP contribution in [0.5, 0.6) is 0 Å². The predicted molar refractivity (Wildman–Crippen MR) is 105 cm³/mol. The SMILES string of the molecule is CC[C@H]1O[C@@H](n2c3ccccc3c3cc4ccc(=S)oc4cc32)CC1O. The van der Waals surface area contributed by atoms with Gasteiger partial charge in [-0.15, -0.1) is 0 Å². The van der Waals surface area contributed by atoms with Crippen molar-refractivity contribution in [3.63, 3.8) is 0 Å². The Morgan fingerprint density at radius 3 is 2.77 bits per heavy atom. The average molecular weight is 365 g/mol. The molecule has 0 aliphatic carbocycles. The summed E-state index contributed by atoms with van der Waals surface area (Å²) in [7, 11) is 0. The molecule has 3 atom stereocenters. The summed E-state index contributed by atoms with van der Waals surface area (Å²) in [6.07, 6.45) is 0.627. The van der Waals surface area contributed by atoms with Crippen molar-refractivity contribution < 1.29 is 14.3 Å². The number of hydrogen-bond acceptors (Lipinski definition) is 4. The van der Waals surface area contributed by atoms with E-state index in [0.717, 1.165) is 33.8 Å². The normalized spacial score (nSPS) is 23.4. The number of benzene rings is 2. The monoisotopic (exact) mass is 365 g/mol. The molecule has 1 aliphatic rings. The molecule has 0 saturated carbocycles. The summed E-state index contributed by atoms with van der Waals surface area (Å²) >= 11 is 5.18. The topological polar surface area (TPSA) is 47.5 Å². The molecule has 1 unspecified atom stereocenters. The number of aliphatic hydroxyl groups is 1. The molecular weight excluding hydrogens is 346 g/mol. The van der Waals surface area contributed by atoms with Crippen LogP contribution in [0.2, 0.25) is 0 Å². The lowest BCUT2D eigenvalue weighted by molar-refractivity contribution is -0.0162. The molecule has 0 radical (unpaired) electrons. The fraction of sp³-hybridized carbons (Fsp3) is 0.286. The minimum absolute atomic E-state index is 0.124. The second-order valence-electron chi connectivity index (χ2n) is 6.89. The molecule has 5 heteroatoms. The van der Waals surface area contributed by atoms with E-state index in [4.69, 9.17) is 21.4 Å². The van der Waals surface area contributed by atoms with E-state index in [0.29, 0.717) is 11.1 Å². The Balaban J connectivity index is 1.83. The van der Waals surface area contributed by atoms with Gasteiger partial charge in [0.05, 0.1) is 23.2 Å². The fourth-order valence-corrected chi connectivity index (χ4v) is 4.27. The van der Waals surface area contributed by atoms with Gasteiger partial charge >= 0.3 is 0 Å². The van der Waals surface area contributed by atoms with E-state index in [1.165, 1.54) is 5.39 Å². The van der Waals surface area contributed by atoms with Gasteiger partial charge in [0.25, 0.3) is 0 Å². The van der Waals surface area contributed by atoms with Crippen LogP contribution < -0.4 is 0 Å². The maximum atomic E-state index is 10.3. The molecular formula is C21H19NO3S. The molecule has 1 N–H and O–H groups in total. The summed E-state index contributed by atoms with van der Waals surface area (Å²) in [5.41, 5.74) is 2.90. The Hall–Kier alpha value is -2.21. The highest BCUT2D eigenvalue weighted by Gasteiger charge is 2.35. The maximum absolute atomic E-state index is 10.3. The molecule has 4 aromatic rings. The second-order valence-corrected chi connectivity index (χ2v) is 7.29. The average Bonchev–Trinajstić information content (AvgIpc) is 3.16. The van der Waals surface area contributed by atoms with Crippen LogP contribution >= 0.6 is 12.2 Å². The van der Waals surface area contributed by atoms with Crippen molar-refractivity contribution in [1.29, 1.82) is 0 Å². The molecule has 26 heavy (non-hydrogen) atoms. The molecule has 132 valence electrons. The summed E-state index contributed by atoms with van der Waals surface area (Å²) in [6.45, 7) is 2.04. The van der Waals surface area contributed by atoms with Crippen LogP contribution in [0.25, 0.3) is 32.8 Å². The van der Waals surface area contributed by atoms with Gasteiger partial charge in [0, 0.05) is 28.6 Å². The van der Waals surface area contributed by atoms with Crippen LogP contribution in [-0.2, 0) is 4.74 Å². The van der Waals surface area contributed by atoms with Crippen molar-refractivity contribution in [2.75, 3.05) is 0 Å². The van der Waals surface area contributed by atoms with Crippen molar-refractivity contribution in [2.24, 2.45) is 0 Å². The van der Waals surface area contributed by atoms with Gasteiger partial charge < -0.3 is 18.8 Å². The minimum atomic E-state index is -0.439. The second kappa shape index (κ2) is 5.91. The quantitative estimate of drug-likeness (QED) is 0.488. The van der Waals surface area contributed by atoms with E-state index in [9.17, 15) is 5.11 Å². The minimum Gasteiger partial charge on any atom is -0.445 e. The number of aromatic nitrogens is 1. The Kier molecular flexibility index (Phi) is 3.64. The first kappa shape index (κ1) is 16.0. The van der Waals surface area contributed by atoms with E-state index in [2.05, 4.69) is 22.8 Å². The van der Waals surface area contributed by atoms with Crippen LogP contribution in [0.15, 0.2) is 52.9 Å². The highest BCUT2D eigenvalue weighted by atomic mass is 32.1. The molecule has 0 bridgehead atoms. The Labute approximate surface area is 155 Å². The van der Waals surface area contributed by atoms with Gasteiger partial charge in [-0.1, -0.05) is 25.1 Å². The first-order chi connectivity index (χ1) is 12.7. The van der Waals surface area contributed by atoms with Gasteiger partial charge in [0.15, 0.2) is 4.71 Å². The summed E-state index contributed by atoms with van der Waals surface area (Å²) in [6, 6.07) is 16.3. The zero-order chi connectivity index (χ0) is 17.8. The van der Waals surface area contributed by atoms with Gasteiger partial charge in [0.1, 0.15) is 11.8 Å². The predicted octanol–water partition coefficient (Wildman–Crippen LogP) is 5.33. The summed E-state index contributed by atoms with van der Waals surface area (Å²) in [5, 5.41) is 13.7. The molecule has 0 spiro atoms. The highest BCUT2D eigenvalue weighted by molar-refractivity contribution is 7.71. The smallest absolute Gasteiger partial charge is 0.190 e. The maximum Gasteiger partial charge on any atom is 0.190 e. The standard InChI is InChI=1S/C21H19NO3S/c1-2-18-17(23)11-20(24-18)22-15-6-4-3-5-13(15)14-9-12-7-8-21(26)25-19(12)10-16(14)22/h3-10,17-18,20,23H,2,11H2,1H3/t17?,18-,20-/m1/s1. The van der Waals surface area contributed by atoms with Gasteiger partial charge in [0.2, 0.25) is 0 Å². The highest BCUT2D eigenvalue weighted by Crippen LogP contribution is 2.39. The van der Waals surface area contributed by atoms with Gasteiger partial charge in [-0.2, -0.15) is 0 Å². The number of nitrogens with zero attached hydrogens (tertiary/aromatic N) is 1. The third-order valence-corrected chi connectivity index (χ3v) is 5.56. The molecule has 2 aromatic heterocycles. The molecule has 1 aliphatic heterocycles. The number of rotatable bonds is 2. The van der Waals surface area contributed by atoms with Crippen LogP contribution in [-0.4, -0.2) is 21.9 Å². The van der Waals surface area contributed by atoms with Crippen molar-refractivity contribution >= 4 is 45.0 Å². The summed E-state index contributed by atoms with van der Waals surface area (Å²) in [4.78, 5) is 0. The number of para-hydroxylation sites is 1. The largest absolute Gasteiger partial charge is 0.445 e. The summed E-state index contributed by atoms with van der Waals surface area (Å²) < 4.78 is 14.6. The molecule has 1 fully saturated rings. The van der Waals surface area contributed by atoms with E-state index < -0.39 is 6.10 Å². The third-order valence-electron chi connectivity index (χ3n) is 5.35. The first-order valence-electron chi connectivity index (χ1n) is 8.96. The third kappa shape index (κ3) is 2.31. The van der Waals surface area contributed by atoms with Gasteiger partial charge in [-0.3, -0.25) is 0 Å². The van der Waals surface area contributed by atoms with E-state index in [-0.39, 0.29) is 12.3 Å². The number of fused-ring (bicyclic) bond motifs is 4. The van der Waals surface area contributed by atoms with Crippen molar-refractivity contribution in [3.8, 4) is 0 Å². The lowest BCUT2D eigenvalue weighted by Gasteiger charge is -2.16. The lowest BCUT2D eigenvalue weighted by Crippen LogP contribution is -2.19. The van der Waals surface area contributed by atoms with Crippen LogP contribution in [0.1, 0.15) is 26.0 Å². The molecule has 4 nitrogen and oxygen atoms in total. The summed E-state index contributed by atoms with van der Waals surface area (Å²) in [5.74, 6) is 0. The Bertz CT molecular complexity index is 1190. The Morgan fingerprint density at radius 2 is 1.96 bits per heavy atom. The first-order valence-corrected chi connectivity index (χ1v) is 9.36. The number of aliphatic hydroxyl groups excluding tert-OH is 1. The molecule has 1 saturated heterocycles. The lowest BCUT2D eigenvalue weighted by atomic mass is 10.1. The zero-order valence-electron chi connectivity index (χ0n) is 14.4. The van der Waals surface area contributed by atoms with Crippen LogP contribution in [0, 0.1) is 4.71 Å². The zero-order valence-corrected chi connectivity index (χ0v) is 15.2. The van der Waals surface area contributed by atoms with Crippen LogP contribution in [0.4, 0.5) is 0 Å². The number of ether oxygens (including phenoxy) is 1. The van der Waals surface area contributed by atoms with Gasteiger partial charge in [-0.25, -0.2) is 0 Å². The van der Waals surface area contributed by atoms with Gasteiger partial charge in [-0.05, 0) is 42.9 Å². The molecule has 3 heterocycles. The van der Waals surface area contributed by atoms with E-state index >= 15 is 0 Å². The van der Waals surface area contributed by atoms with E-state index in [1.54, 1.807) is 0 Å². The number of hydrogen-bond donors (Lipinski definition) is 1. The Morgan fingerprint density at radius 1 is 1.12 bits per heavy atom. The van der Waals surface area contributed by atoms with Crippen molar-refractivity contribution in [1.82, 2.24) is 4.57 Å². The van der Waals surface area contributed by atoms with Crippen LogP contribution in [0.3, 0.4) is 0 Å². The van der Waals surface area contributed by atoms with Crippen molar-refractivity contribution in [3.05, 3.63) is 53.2 Å². The van der Waals surface area contributed by atoms with Crippen molar-refractivity contribution in [2.45, 2.75) is 38.2 Å². The molecule has 0 amide bonds. The molecule has 2 aromatic carbocycles. The fourth-order valence-electron chi connectivity index (χ4n) is 4.11. The van der Waals surface area contributed by atoms with E-state index in [1.807, 2.05) is 37.3 Å². The molecule has 5 rings (SSSR count).